The summed E-state index contributed by atoms with van der Waals surface area (Å²) in [7, 11) is 1.46. The molecule has 3 fully saturated rings. The number of carbonyl (C=O) groups excluding carboxylic acids is 6. The number of aliphatic hydroxyl groups is 2. The first-order valence-electron chi connectivity index (χ1n) is 16.0. The highest BCUT2D eigenvalue weighted by Crippen LogP contribution is 2.50. The Hall–Kier alpha value is -4.36. The van der Waals surface area contributed by atoms with Gasteiger partial charge in [-0.05, 0) is 30.7 Å². The molecular formula is C33H42O18. The molecule has 18 nitrogen and oxygen atoms in total. The van der Waals surface area contributed by atoms with Gasteiger partial charge >= 0.3 is 35.8 Å². The SMILES string of the molecule is COc1ccc(C(=O)O[C@H]2[C@@H]3CCO[C@H](O[C@@H]4O[C@H](COC(C)=O)[C@@H](OC(C)=O)[C@H](OC(C)=O)[C@H]4OC(C)=O)[C@@H]3[C@@](O)(COC(C)=O)[C@H]2O)cc1. The minimum absolute atomic E-state index is 0.0654. The van der Waals surface area contributed by atoms with E-state index in [1.165, 1.54) is 31.4 Å². The molecule has 1 aromatic carbocycles. The van der Waals surface area contributed by atoms with E-state index >= 15 is 0 Å². The molecule has 2 aliphatic heterocycles. The van der Waals surface area contributed by atoms with Crippen LogP contribution in [0.3, 0.4) is 0 Å². The van der Waals surface area contributed by atoms with Crippen molar-refractivity contribution in [2.24, 2.45) is 11.8 Å². The standard InChI is InChI=1S/C33H42O18/c1-15(34)44-13-23-26(46-17(3)36)27(47-18(4)37)28(48-19(5)38)32(49-23)51-31-24-22(11-12-43-31)25(29(39)33(24,41)14-45-16(2)35)50-30(40)20-7-9-21(42-6)10-8-20/h7-10,22-29,31-32,39,41H,11-14H2,1-6H3/t22-,23-,24-,25+,26-,27+,28-,29+,31-,32+,33+/m1/s1. The number of hydrogen-bond acceptors (Lipinski definition) is 18. The van der Waals surface area contributed by atoms with Crippen molar-refractivity contribution in [1.29, 1.82) is 0 Å². The van der Waals surface area contributed by atoms with Crippen LogP contribution < -0.4 is 4.74 Å². The Balaban J connectivity index is 1.71. The van der Waals surface area contributed by atoms with Crippen LogP contribution in [0, 0.1) is 11.8 Å². The van der Waals surface area contributed by atoms with E-state index in [1.807, 2.05) is 0 Å². The van der Waals surface area contributed by atoms with Crippen LogP contribution in [0.5, 0.6) is 5.75 Å². The van der Waals surface area contributed by atoms with Gasteiger partial charge in [-0.3, -0.25) is 24.0 Å². The monoisotopic (exact) mass is 726 g/mol. The van der Waals surface area contributed by atoms with E-state index in [1.54, 1.807) is 0 Å². The van der Waals surface area contributed by atoms with Crippen molar-refractivity contribution in [3.05, 3.63) is 29.8 Å². The van der Waals surface area contributed by atoms with Crippen molar-refractivity contribution in [3.63, 3.8) is 0 Å². The van der Waals surface area contributed by atoms with E-state index in [0.29, 0.717) is 5.75 Å². The van der Waals surface area contributed by atoms with Crippen molar-refractivity contribution < 1.29 is 86.3 Å². The third-order valence-corrected chi connectivity index (χ3v) is 8.60. The molecule has 0 amide bonds. The topological polar surface area (TPSA) is 235 Å². The third kappa shape index (κ3) is 9.31. The predicted octanol–water partition coefficient (Wildman–Crippen LogP) is -0.0322. The maximum absolute atomic E-state index is 13.2. The fourth-order valence-electron chi connectivity index (χ4n) is 6.52. The smallest absolute Gasteiger partial charge is 0.338 e. The van der Waals surface area contributed by atoms with Gasteiger partial charge in [-0.25, -0.2) is 4.79 Å². The van der Waals surface area contributed by atoms with Gasteiger partial charge in [0.25, 0.3) is 0 Å². The van der Waals surface area contributed by atoms with Crippen LogP contribution in [0.4, 0.5) is 0 Å². The number of fused-ring (bicyclic) bond motifs is 1. The summed E-state index contributed by atoms with van der Waals surface area (Å²) >= 11 is 0. The molecule has 1 aromatic rings. The molecule has 3 aliphatic rings. The zero-order chi connectivity index (χ0) is 37.6. The summed E-state index contributed by atoms with van der Waals surface area (Å²) in [5.74, 6) is -6.62. The summed E-state index contributed by atoms with van der Waals surface area (Å²) in [4.78, 5) is 73.5. The molecule has 2 saturated heterocycles. The highest BCUT2D eigenvalue weighted by atomic mass is 16.8. The van der Waals surface area contributed by atoms with Gasteiger partial charge in [0.05, 0.1) is 25.2 Å². The van der Waals surface area contributed by atoms with Crippen LogP contribution in [0.1, 0.15) is 51.4 Å². The lowest BCUT2D eigenvalue weighted by atomic mass is 9.82. The number of aliphatic hydroxyl groups excluding tert-OH is 1. The van der Waals surface area contributed by atoms with Gasteiger partial charge in [0, 0.05) is 40.5 Å². The van der Waals surface area contributed by atoms with Gasteiger partial charge < -0.3 is 57.6 Å². The molecular weight excluding hydrogens is 684 g/mol. The Morgan fingerprint density at radius 2 is 1.35 bits per heavy atom. The number of ether oxygens (including phenoxy) is 10. The van der Waals surface area contributed by atoms with Gasteiger partial charge in [-0.2, -0.15) is 0 Å². The van der Waals surface area contributed by atoms with Gasteiger partial charge in [0.2, 0.25) is 6.29 Å². The fourth-order valence-corrected chi connectivity index (χ4v) is 6.52. The number of carbonyl (C=O) groups is 6. The molecule has 282 valence electrons. The lowest BCUT2D eigenvalue weighted by Gasteiger charge is -2.47. The maximum atomic E-state index is 13.2. The van der Waals surface area contributed by atoms with E-state index in [9.17, 15) is 39.0 Å². The molecule has 18 heteroatoms. The highest BCUT2D eigenvalue weighted by molar-refractivity contribution is 5.89. The zero-order valence-electron chi connectivity index (χ0n) is 28.8. The van der Waals surface area contributed by atoms with Crippen molar-refractivity contribution in [2.75, 3.05) is 26.9 Å². The van der Waals surface area contributed by atoms with E-state index in [4.69, 9.17) is 47.4 Å². The summed E-state index contributed by atoms with van der Waals surface area (Å²) in [6, 6.07) is 5.97. The van der Waals surface area contributed by atoms with Crippen LogP contribution in [-0.4, -0.2) is 128 Å². The first-order valence-corrected chi connectivity index (χ1v) is 16.0. The largest absolute Gasteiger partial charge is 0.497 e. The van der Waals surface area contributed by atoms with E-state index in [-0.39, 0.29) is 18.6 Å². The average molecular weight is 727 g/mol. The number of benzene rings is 1. The van der Waals surface area contributed by atoms with Crippen LogP contribution >= 0.6 is 0 Å². The van der Waals surface area contributed by atoms with Crippen LogP contribution in [0.2, 0.25) is 0 Å². The Kier molecular flexibility index (Phi) is 13.0. The van der Waals surface area contributed by atoms with Gasteiger partial charge in [-0.15, -0.1) is 0 Å². The van der Waals surface area contributed by atoms with Gasteiger partial charge in [-0.1, -0.05) is 0 Å². The second kappa shape index (κ2) is 16.8. The predicted molar refractivity (Wildman–Crippen MR) is 164 cm³/mol. The lowest BCUT2D eigenvalue weighted by molar-refractivity contribution is -0.361. The van der Waals surface area contributed by atoms with Crippen LogP contribution in [0.15, 0.2) is 24.3 Å². The molecule has 4 rings (SSSR count). The first-order chi connectivity index (χ1) is 24.0. The summed E-state index contributed by atoms with van der Waals surface area (Å²) in [5, 5.41) is 23.6. The maximum Gasteiger partial charge on any atom is 0.338 e. The third-order valence-electron chi connectivity index (χ3n) is 8.60. The molecule has 0 spiro atoms. The highest BCUT2D eigenvalue weighted by Gasteiger charge is 2.66. The Morgan fingerprint density at radius 1 is 0.765 bits per heavy atom. The lowest BCUT2D eigenvalue weighted by Crippen LogP contribution is -2.64. The van der Waals surface area contributed by atoms with Crippen molar-refractivity contribution >= 4 is 35.8 Å². The Bertz CT molecular complexity index is 1450. The van der Waals surface area contributed by atoms with E-state index in [0.717, 1.165) is 34.6 Å². The molecule has 1 aliphatic carbocycles. The number of hydrogen-bond donors (Lipinski definition) is 2. The summed E-state index contributed by atoms with van der Waals surface area (Å²) < 4.78 is 55.6. The second-order valence-electron chi connectivity index (χ2n) is 12.2. The van der Waals surface area contributed by atoms with Crippen molar-refractivity contribution in [2.45, 2.75) is 95.8 Å². The summed E-state index contributed by atoms with van der Waals surface area (Å²) in [5.41, 5.74) is -2.22. The van der Waals surface area contributed by atoms with Crippen LogP contribution in [-0.2, 0) is 66.6 Å². The summed E-state index contributed by atoms with van der Waals surface area (Å²) in [6.07, 6.45) is -12.4. The first kappa shape index (κ1) is 39.4. The van der Waals surface area contributed by atoms with E-state index < -0.39 is 116 Å². The molecule has 0 radical (unpaired) electrons. The number of esters is 6. The van der Waals surface area contributed by atoms with Crippen molar-refractivity contribution in [1.82, 2.24) is 0 Å². The zero-order valence-corrected chi connectivity index (χ0v) is 28.8. The molecule has 11 atom stereocenters. The number of rotatable bonds is 12. The normalized spacial score (nSPS) is 32.8. The van der Waals surface area contributed by atoms with Gasteiger partial charge in [0.1, 0.15) is 42.9 Å². The van der Waals surface area contributed by atoms with Crippen molar-refractivity contribution in [3.8, 4) is 5.75 Å². The Morgan fingerprint density at radius 3 is 1.92 bits per heavy atom. The quantitative estimate of drug-likeness (QED) is 0.212. The minimum atomic E-state index is -2.34. The molecule has 51 heavy (non-hydrogen) atoms. The molecule has 1 saturated carbocycles. The molecule has 0 unspecified atom stereocenters. The Labute approximate surface area is 292 Å². The minimum Gasteiger partial charge on any atom is -0.497 e. The molecule has 2 heterocycles. The number of methoxy groups -OCH3 is 1. The fraction of sp³-hybridized carbons (Fsp3) is 0.636. The summed E-state index contributed by atoms with van der Waals surface area (Å²) in [6.45, 7) is 4.01. The average Bonchev–Trinajstić information content (AvgIpc) is 3.27. The van der Waals surface area contributed by atoms with E-state index in [2.05, 4.69) is 0 Å². The molecule has 2 N–H and O–H groups in total. The van der Waals surface area contributed by atoms with Gasteiger partial charge in [0.15, 0.2) is 24.6 Å². The second-order valence-corrected chi connectivity index (χ2v) is 12.2. The molecule has 0 bridgehead atoms. The molecule has 0 aromatic heterocycles. The van der Waals surface area contributed by atoms with Crippen LogP contribution in [0.25, 0.3) is 0 Å².